The molecule has 1 saturated heterocycles. The van der Waals surface area contributed by atoms with Crippen molar-refractivity contribution in [2.75, 3.05) is 29.9 Å². The minimum Gasteiger partial charge on any atom is -0.480 e. The van der Waals surface area contributed by atoms with E-state index in [1.54, 1.807) is 28.8 Å². The molecule has 1 fully saturated rings. The molecule has 180 valence electrons. The van der Waals surface area contributed by atoms with Gasteiger partial charge in [-0.3, -0.25) is 14.5 Å². The van der Waals surface area contributed by atoms with Crippen LogP contribution in [0.1, 0.15) is 24.4 Å². The van der Waals surface area contributed by atoms with Gasteiger partial charge in [-0.1, -0.05) is 0 Å². The molecular weight excluding hydrogens is 457 g/mol. The quantitative estimate of drug-likeness (QED) is 0.522. The number of nitrogens with zero attached hydrogens (tertiary/aromatic N) is 3. The lowest BCUT2D eigenvalue weighted by Gasteiger charge is -2.19. The van der Waals surface area contributed by atoms with Crippen molar-refractivity contribution < 1.29 is 23.5 Å². The van der Waals surface area contributed by atoms with Crippen molar-refractivity contribution in [3.63, 3.8) is 0 Å². The lowest BCUT2D eigenvalue weighted by Crippen LogP contribution is -2.29. The zero-order valence-corrected chi connectivity index (χ0v) is 18.6. The van der Waals surface area contributed by atoms with Crippen LogP contribution < -0.4 is 25.8 Å². The number of cyclic esters (lactones) is 1. The molecule has 0 aliphatic carbocycles. The van der Waals surface area contributed by atoms with Gasteiger partial charge in [-0.25, -0.2) is 14.2 Å². The van der Waals surface area contributed by atoms with Crippen LogP contribution in [0, 0.1) is 5.82 Å². The number of carbonyl (C=O) groups is 2. The molecule has 11 heteroatoms. The molecule has 3 aliphatic heterocycles. The molecule has 0 radical (unpaired) electrons. The number of pyridine rings is 2. The minimum atomic E-state index is -0.502. The maximum Gasteiger partial charge on any atom is 0.415 e. The van der Waals surface area contributed by atoms with Crippen LogP contribution in [-0.2, 0) is 16.1 Å². The Morgan fingerprint density at radius 2 is 1.97 bits per heavy atom. The van der Waals surface area contributed by atoms with Crippen molar-refractivity contribution in [3.8, 4) is 5.75 Å². The standard InChI is InChI=1S/C24H22FN5O5/c25-15-5-3-13-4-8-20(32)30-11-16(21(15)22(13)30)26-9-1-2-14-10-29(24(33)35-14)18-7-6-17-23(27-18)28-19(31)12-34-17/h3-8,14,16,26H,1-2,9-12H2,(H,27,28,31)/t14-,16+/m1/s1. The van der Waals surface area contributed by atoms with Crippen LogP contribution in [0.25, 0.3) is 10.9 Å². The van der Waals surface area contributed by atoms with E-state index in [4.69, 9.17) is 9.47 Å². The van der Waals surface area contributed by atoms with E-state index in [0.29, 0.717) is 55.1 Å². The summed E-state index contributed by atoms with van der Waals surface area (Å²) < 4.78 is 27.0. The predicted molar refractivity (Wildman–Crippen MR) is 124 cm³/mol. The van der Waals surface area contributed by atoms with Gasteiger partial charge in [-0.05, 0) is 55.1 Å². The van der Waals surface area contributed by atoms with E-state index in [1.165, 1.54) is 17.0 Å². The summed E-state index contributed by atoms with van der Waals surface area (Å²) in [6.45, 7) is 1.21. The predicted octanol–water partition coefficient (Wildman–Crippen LogP) is 2.32. The van der Waals surface area contributed by atoms with Crippen LogP contribution in [0.4, 0.5) is 20.8 Å². The molecule has 5 heterocycles. The number of hydrogen-bond acceptors (Lipinski definition) is 7. The number of amides is 2. The smallest absolute Gasteiger partial charge is 0.415 e. The van der Waals surface area contributed by atoms with Crippen LogP contribution in [-0.4, -0.2) is 47.4 Å². The van der Waals surface area contributed by atoms with Crippen molar-refractivity contribution in [2.24, 2.45) is 0 Å². The number of rotatable bonds is 6. The van der Waals surface area contributed by atoms with Gasteiger partial charge in [-0.15, -0.1) is 0 Å². The minimum absolute atomic E-state index is 0.0681. The summed E-state index contributed by atoms with van der Waals surface area (Å²) in [6, 6.07) is 9.36. The van der Waals surface area contributed by atoms with Gasteiger partial charge in [0.2, 0.25) is 0 Å². The number of halogens is 1. The lowest BCUT2D eigenvalue weighted by molar-refractivity contribution is -0.118. The van der Waals surface area contributed by atoms with E-state index in [-0.39, 0.29) is 41.9 Å². The highest BCUT2D eigenvalue weighted by molar-refractivity contribution is 5.95. The number of carbonyl (C=O) groups excluding carboxylic acids is 2. The Morgan fingerprint density at radius 3 is 2.86 bits per heavy atom. The average Bonchev–Trinajstić information content (AvgIpc) is 3.42. The molecule has 35 heavy (non-hydrogen) atoms. The van der Waals surface area contributed by atoms with E-state index < -0.39 is 6.09 Å². The number of ether oxygens (including phenoxy) is 2. The SMILES string of the molecule is O=C1COc2ccc(N3C[C@@H](CCCN[C@H]4Cn5c(=O)ccc6ccc(F)c4c65)OC3=O)nc2N1. The fraction of sp³-hybridized carbons (Fsp3) is 0.333. The highest BCUT2D eigenvalue weighted by Crippen LogP contribution is 2.33. The zero-order chi connectivity index (χ0) is 24.1. The molecule has 2 amide bonds. The highest BCUT2D eigenvalue weighted by Gasteiger charge is 2.34. The van der Waals surface area contributed by atoms with Crippen molar-refractivity contribution in [3.05, 3.63) is 58.1 Å². The molecule has 0 bridgehead atoms. The molecule has 1 aromatic carbocycles. The first kappa shape index (κ1) is 21.5. The van der Waals surface area contributed by atoms with Crippen LogP contribution >= 0.6 is 0 Å². The molecule has 3 aliphatic rings. The van der Waals surface area contributed by atoms with Crippen LogP contribution in [0.15, 0.2) is 41.2 Å². The second kappa shape index (κ2) is 8.35. The van der Waals surface area contributed by atoms with Gasteiger partial charge in [-0.2, -0.15) is 0 Å². The maximum absolute atomic E-state index is 14.6. The van der Waals surface area contributed by atoms with Crippen LogP contribution in [0.2, 0.25) is 0 Å². The Morgan fingerprint density at radius 1 is 1.11 bits per heavy atom. The van der Waals surface area contributed by atoms with E-state index in [9.17, 15) is 18.8 Å². The van der Waals surface area contributed by atoms with Crippen LogP contribution in [0.5, 0.6) is 5.75 Å². The number of nitrogens with one attached hydrogen (secondary N) is 2. The van der Waals surface area contributed by atoms with Gasteiger partial charge in [0.15, 0.2) is 18.2 Å². The summed E-state index contributed by atoms with van der Waals surface area (Å²) in [6.07, 6.45) is 0.466. The molecule has 0 unspecified atom stereocenters. The summed E-state index contributed by atoms with van der Waals surface area (Å²) in [5.74, 6) is 0.470. The van der Waals surface area contributed by atoms with Crippen molar-refractivity contribution in [2.45, 2.75) is 31.5 Å². The molecular formula is C24H22FN5O5. The first-order valence-corrected chi connectivity index (χ1v) is 11.4. The van der Waals surface area contributed by atoms with Crippen LogP contribution in [0.3, 0.4) is 0 Å². The summed E-state index contributed by atoms with van der Waals surface area (Å²) in [4.78, 5) is 42.0. The van der Waals surface area contributed by atoms with E-state index in [0.717, 1.165) is 5.39 Å². The average molecular weight is 479 g/mol. The van der Waals surface area contributed by atoms with Gasteiger partial charge in [0.1, 0.15) is 17.7 Å². The number of fused-ring (bicyclic) bond motifs is 1. The first-order chi connectivity index (χ1) is 17.0. The number of anilines is 2. The van der Waals surface area contributed by atoms with E-state index in [2.05, 4.69) is 15.6 Å². The third-order valence-corrected chi connectivity index (χ3v) is 6.55. The third kappa shape index (κ3) is 3.77. The molecule has 2 atom stereocenters. The monoisotopic (exact) mass is 479 g/mol. The molecule has 0 saturated carbocycles. The molecule has 2 N–H and O–H groups in total. The normalized spacial score (nSPS) is 20.5. The lowest BCUT2D eigenvalue weighted by atomic mass is 10.1. The highest BCUT2D eigenvalue weighted by atomic mass is 19.1. The zero-order valence-electron chi connectivity index (χ0n) is 18.6. The number of aromatic nitrogens is 2. The van der Waals surface area contributed by atoms with Gasteiger partial charge in [0.05, 0.1) is 18.1 Å². The topological polar surface area (TPSA) is 115 Å². The Kier molecular flexibility index (Phi) is 5.14. The summed E-state index contributed by atoms with van der Waals surface area (Å²) in [5, 5.41) is 6.82. The van der Waals surface area contributed by atoms with Gasteiger partial charge in [0, 0.05) is 18.2 Å². The number of benzene rings is 1. The Hall–Kier alpha value is -3.99. The second-order valence-corrected chi connectivity index (χ2v) is 8.80. The molecule has 10 nitrogen and oxygen atoms in total. The van der Waals surface area contributed by atoms with Crippen molar-refractivity contribution in [1.29, 1.82) is 0 Å². The molecule has 2 aromatic heterocycles. The molecule has 3 aromatic rings. The fourth-order valence-corrected chi connectivity index (χ4v) is 4.92. The Labute approximate surface area is 198 Å². The fourth-order valence-electron chi connectivity index (χ4n) is 4.92. The van der Waals surface area contributed by atoms with Gasteiger partial charge < -0.3 is 24.7 Å². The third-order valence-electron chi connectivity index (χ3n) is 6.55. The molecule has 0 spiro atoms. The summed E-state index contributed by atoms with van der Waals surface area (Å²) in [7, 11) is 0. The Bertz CT molecular complexity index is 1420. The first-order valence-electron chi connectivity index (χ1n) is 11.4. The number of hydrogen-bond donors (Lipinski definition) is 2. The summed E-state index contributed by atoms with van der Waals surface area (Å²) >= 11 is 0. The largest absolute Gasteiger partial charge is 0.480 e. The molecule has 6 rings (SSSR count). The van der Waals surface area contributed by atoms with Gasteiger partial charge in [0.25, 0.3) is 11.5 Å². The Balaban J connectivity index is 1.06. The van der Waals surface area contributed by atoms with Crippen molar-refractivity contribution >= 4 is 34.5 Å². The maximum atomic E-state index is 14.6. The van der Waals surface area contributed by atoms with E-state index >= 15 is 0 Å². The second-order valence-electron chi connectivity index (χ2n) is 8.80. The van der Waals surface area contributed by atoms with Gasteiger partial charge >= 0.3 is 6.09 Å². The van der Waals surface area contributed by atoms with Crippen molar-refractivity contribution in [1.82, 2.24) is 14.9 Å². The summed E-state index contributed by atoms with van der Waals surface area (Å²) in [5.41, 5.74) is 1.02. The van der Waals surface area contributed by atoms with E-state index in [1.807, 2.05) is 0 Å².